The fourth-order valence-electron chi connectivity index (χ4n) is 1.71. The Kier molecular flexibility index (Phi) is 4.02. The number of methoxy groups -OCH3 is 1. The van der Waals surface area contributed by atoms with E-state index < -0.39 is 10.8 Å². The van der Waals surface area contributed by atoms with Crippen LogP contribution in [0.3, 0.4) is 0 Å². The van der Waals surface area contributed by atoms with E-state index in [1.54, 1.807) is 0 Å². The molecule has 0 radical (unpaired) electrons. The zero-order chi connectivity index (χ0) is 15.4. The molecular formula is C12H13N5O4. The summed E-state index contributed by atoms with van der Waals surface area (Å²) in [5, 5.41) is 19.7. The first kappa shape index (κ1) is 14.3. The van der Waals surface area contributed by atoms with Crippen LogP contribution in [0.25, 0.3) is 0 Å². The number of benzene rings is 1. The Labute approximate surface area is 119 Å². The van der Waals surface area contributed by atoms with Crippen molar-refractivity contribution in [3.8, 4) is 5.75 Å². The lowest BCUT2D eigenvalue weighted by Crippen LogP contribution is -2.23. The fourth-order valence-corrected chi connectivity index (χ4v) is 1.71. The van der Waals surface area contributed by atoms with E-state index in [-0.39, 0.29) is 23.5 Å². The lowest BCUT2D eigenvalue weighted by Gasteiger charge is -2.06. The van der Waals surface area contributed by atoms with Crippen LogP contribution in [0.15, 0.2) is 24.4 Å². The molecule has 9 heteroatoms. The minimum atomic E-state index is -0.577. The highest BCUT2D eigenvalue weighted by Crippen LogP contribution is 2.27. The number of carbonyl (C=O) groups is 1. The molecule has 0 aliphatic heterocycles. The highest BCUT2D eigenvalue weighted by atomic mass is 16.6. The molecule has 0 fully saturated rings. The fraction of sp³-hybridized carbons (Fsp3) is 0.167. The molecule has 1 aromatic carbocycles. The molecule has 0 saturated heterocycles. The number of H-pyrrole nitrogens is 1. The van der Waals surface area contributed by atoms with Gasteiger partial charge in [-0.25, -0.2) is 0 Å². The van der Waals surface area contributed by atoms with E-state index in [9.17, 15) is 14.9 Å². The van der Waals surface area contributed by atoms with E-state index in [2.05, 4.69) is 15.5 Å². The molecule has 2 aromatic rings. The highest BCUT2D eigenvalue weighted by molar-refractivity contribution is 5.95. The number of aromatic nitrogens is 2. The number of aromatic amines is 1. The first-order valence-corrected chi connectivity index (χ1v) is 5.91. The average Bonchev–Trinajstić information content (AvgIpc) is 2.89. The van der Waals surface area contributed by atoms with Crippen LogP contribution in [-0.4, -0.2) is 28.1 Å². The molecule has 1 aromatic heterocycles. The van der Waals surface area contributed by atoms with Crippen LogP contribution < -0.4 is 15.8 Å². The van der Waals surface area contributed by atoms with Gasteiger partial charge in [-0.2, -0.15) is 5.10 Å². The van der Waals surface area contributed by atoms with Gasteiger partial charge in [-0.3, -0.25) is 20.0 Å². The van der Waals surface area contributed by atoms with Crippen LogP contribution in [-0.2, 0) is 6.54 Å². The summed E-state index contributed by atoms with van der Waals surface area (Å²) in [6.45, 7) is 0.195. The smallest absolute Gasteiger partial charge is 0.310 e. The molecule has 1 heterocycles. The zero-order valence-corrected chi connectivity index (χ0v) is 11.1. The Balaban J connectivity index is 2.12. The summed E-state index contributed by atoms with van der Waals surface area (Å²) in [6, 6.07) is 3.89. The van der Waals surface area contributed by atoms with Crippen LogP contribution in [0.5, 0.6) is 5.75 Å². The van der Waals surface area contributed by atoms with Crippen LogP contribution in [0, 0.1) is 10.1 Å². The van der Waals surface area contributed by atoms with Crippen molar-refractivity contribution in [3.63, 3.8) is 0 Å². The summed E-state index contributed by atoms with van der Waals surface area (Å²) in [7, 11) is 1.30. The molecular weight excluding hydrogens is 278 g/mol. The van der Waals surface area contributed by atoms with E-state index in [4.69, 9.17) is 10.5 Å². The highest BCUT2D eigenvalue weighted by Gasteiger charge is 2.17. The number of ether oxygens (including phenoxy) is 1. The Bertz CT molecular complexity index is 682. The topological polar surface area (TPSA) is 136 Å². The van der Waals surface area contributed by atoms with E-state index in [0.717, 1.165) is 0 Å². The molecule has 0 unspecified atom stereocenters. The second-order valence-corrected chi connectivity index (χ2v) is 4.14. The molecule has 0 aliphatic rings. The van der Waals surface area contributed by atoms with Crippen molar-refractivity contribution in [1.29, 1.82) is 0 Å². The zero-order valence-electron chi connectivity index (χ0n) is 11.1. The third kappa shape index (κ3) is 3.08. The molecule has 110 valence electrons. The van der Waals surface area contributed by atoms with Crippen molar-refractivity contribution in [2.75, 3.05) is 12.8 Å². The average molecular weight is 291 g/mol. The van der Waals surface area contributed by atoms with Crippen LogP contribution in [0.4, 0.5) is 11.5 Å². The number of nitrogens with one attached hydrogen (secondary N) is 2. The monoisotopic (exact) mass is 291 g/mol. The summed E-state index contributed by atoms with van der Waals surface area (Å²) < 4.78 is 4.91. The van der Waals surface area contributed by atoms with E-state index in [1.165, 1.54) is 31.5 Å². The molecule has 9 nitrogen and oxygen atoms in total. The number of nitro benzene ring substituents is 1. The van der Waals surface area contributed by atoms with Crippen molar-refractivity contribution < 1.29 is 14.5 Å². The molecule has 0 aliphatic carbocycles. The predicted octanol–water partition coefficient (Wildman–Crippen LogP) is 0.839. The van der Waals surface area contributed by atoms with Crippen molar-refractivity contribution in [2.24, 2.45) is 0 Å². The standard InChI is InChI=1S/C12H13N5O4/c1-21-10-4-7(2-3-9(10)17(19)20)12(18)14-5-8-6-15-16-11(8)13/h2-4,6H,5H2,1H3,(H,14,18)(H3,13,15,16). The summed E-state index contributed by atoms with van der Waals surface area (Å²) in [4.78, 5) is 22.2. The van der Waals surface area contributed by atoms with Crippen molar-refractivity contribution in [2.45, 2.75) is 6.54 Å². The van der Waals surface area contributed by atoms with Gasteiger partial charge >= 0.3 is 5.69 Å². The first-order chi connectivity index (χ1) is 10.0. The maximum absolute atomic E-state index is 12.0. The summed E-state index contributed by atoms with van der Waals surface area (Å²) in [5.74, 6) is -0.00384. The van der Waals surface area contributed by atoms with Gasteiger partial charge in [-0.15, -0.1) is 0 Å². The van der Waals surface area contributed by atoms with Crippen molar-refractivity contribution in [3.05, 3.63) is 45.6 Å². The summed E-state index contributed by atoms with van der Waals surface area (Å²) >= 11 is 0. The molecule has 21 heavy (non-hydrogen) atoms. The normalized spacial score (nSPS) is 10.1. The number of nitrogen functional groups attached to an aromatic ring is 1. The quantitative estimate of drug-likeness (QED) is 0.551. The number of carbonyl (C=O) groups excluding carboxylic acids is 1. The van der Waals surface area contributed by atoms with Gasteiger partial charge < -0.3 is 15.8 Å². The molecule has 0 saturated carbocycles. The van der Waals surface area contributed by atoms with Crippen molar-refractivity contribution >= 4 is 17.4 Å². The van der Waals surface area contributed by atoms with Crippen LogP contribution in [0.1, 0.15) is 15.9 Å². The second-order valence-electron chi connectivity index (χ2n) is 4.14. The van der Waals surface area contributed by atoms with Crippen LogP contribution >= 0.6 is 0 Å². The van der Waals surface area contributed by atoms with Gasteiger partial charge in [0.05, 0.1) is 18.2 Å². The molecule has 1 amide bonds. The third-order valence-corrected chi connectivity index (χ3v) is 2.83. The number of nitro groups is 1. The van der Waals surface area contributed by atoms with E-state index >= 15 is 0 Å². The summed E-state index contributed by atoms with van der Waals surface area (Å²) in [5.41, 5.74) is 6.30. The van der Waals surface area contributed by atoms with E-state index in [1.807, 2.05) is 0 Å². The number of amides is 1. The van der Waals surface area contributed by atoms with Gasteiger partial charge in [0.2, 0.25) is 0 Å². The SMILES string of the molecule is COc1cc(C(=O)NCc2cn[nH]c2N)ccc1[N+](=O)[O-]. The first-order valence-electron chi connectivity index (χ1n) is 5.91. The molecule has 0 bridgehead atoms. The van der Waals surface area contributed by atoms with Crippen LogP contribution in [0.2, 0.25) is 0 Å². The van der Waals surface area contributed by atoms with Gasteiger partial charge in [-0.1, -0.05) is 0 Å². The van der Waals surface area contributed by atoms with E-state index in [0.29, 0.717) is 11.4 Å². The number of nitrogens with two attached hydrogens (primary N) is 1. The number of rotatable bonds is 5. The minimum absolute atomic E-state index is 0.0236. The Morgan fingerprint density at radius 3 is 2.90 bits per heavy atom. The van der Waals surface area contributed by atoms with Gasteiger partial charge in [0, 0.05) is 29.8 Å². The molecule has 0 atom stereocenters. The molecule has 4 N–H and O–H groups in total. The second kappa shape index (κ2) is 5.90. The maximum atomic E-state index is 12.0. The van der Waals surface area contributed by atoms with Gasteiger partial charge in [0.25, 0.3) is 5.91 Å². The number of nitrogens with zero attached hydrogens (tertiary/aromatic N) is 2. The maximum Gasteiger partial charge on any atom is 0.310 e. The van der Waals surface area contributed by atoms with Gasteiger partial charge in [-0.05, 0) is 6.07 Å². The van der Waals surface area contributed by atoms with Gasteiger partial charge in [0.1, 0.15) is 5.82 Å². The third-order valence-electron chi connectivity index (χ3n) is 2.83. The largest absolute Gasteiger partial charge is 0.490 e. The lowest BCUT2D eigenvalue weighted by molar-refractivity contribution is -0.385. The summed E-state index contributed by atoms with van der Waals surface area (Å²) in [6.07, 6.45) is 1.51. The Hall–Kier alpha value is -3.10. The Morgan fingerprint density at radius 2 is 2.33 bits per heavy atom. The number of hydrogen-bond acceptors (Lipinski definition) is 6. The molecule has 0 spiro atoms. The lowest BCUT2D eigenvalue weighted by atomic mass is 10.1. The number of hydrogen-bond donors (Lipinski definition) is 3. The number of anilines is 1. The van der Waals surface area contributed by atoms with Crippen molar-refractivity contribution in [1.82, 2.24) is 15.5 Å². The Morgan fingerprint density at radius 1 is 1.57 bits per heavy atom. The molecule has 2 rings (SSSR count). The minimum Gasteiger partial charge on any atom is -0.490 e. The van der Waals surface area contributed by atoms with Gasteiger partial charge in [0.15, 0.2) is 5.75 Å². The predicted molar refractivity (Wildman–Crippen MR) is 73.8 cm³/mol.